The average Bonchev–Trinajstić information content (AvgIpc) is 3.58. The predicted molar refractivity (Wildman–Crippen MR) is 278 cm³/mol. The Balaban J connectivity index is 1.06. The van der Waals surface area contributed by atoms with Crippen molar-refractivity contribution in [2.24, 2.45) is 11.3 Å². The molecule has 1 fully saturated rings. The molecule has 1 saturated carbocycles. The fourth-order valence-corrected chi connectivity index (χ4v) is 12.8. The van der Waals surface area contributed by atoms with E-state index >= 15 is 0 Å². The molecule has 5 atom stereocenters. The average molecular weight is 875 g/mol. The van der Waals surface area contributed by atoms with Crippen LogP contribution in [0.4, 0.5) is 45.8 Å². The van der Waals surface area contributed by atoms with Crippen LogP contribution in [-0.2, 0) is 5.41 Å². The fourth-order valence-electron chi connectivity index (χ4n) is 12.8. The molecule has 8 aromatic rings. The molecule has 4 aliphatic rings. The highest BCUT2D eigenvalue weighted by molar-refractivity contribution is 5.92. The van der Waals surface area contributed by atoms with Gasteiger partial charge in [-0.1, -0.05) is 163 Å². The van der Waals surface area contributed by atoms with E-state index in [1.807, 2.05) is 12.4 Å². The molecule has 1 aromatic heterocycles. The Kier molecular flexibility index (Phi) is 9.52. The molecule has 0 saturated heterocycles. The van der Waals surface area contributed by atoms with Crippen molar-refractivity contribution in [1.29, 1.82) is 0 Å². The van der Waals surface area contributed by atoms with Crippen LogP contribution in [0.1, 0.15) is 82.1 Å². The molecular weight excluding hydrogens is 817 g/mol. The largest absolute Gasteiger partial charge is 0.318 e. The summed E-state index contributed by atoms with van der Waals surface area (Å²) < 4.78 is 0. The number of benzene rings is 7. The van der Waals surface area contributed by atoms with Crippen molar-refractivity contribution in [2.75, 3.05) is 19.6 Å². The van der Waals surface area contributed by atoms with Gasteiger partial charge in [0.15, 0.2) is 11.6 Å². The van der Waals surface area contributed by atoms with E-state index in [-0.39, 0.29) is 29.1 Å². The van der Waals surface area contributed by atoms with E-state index in [4.69, 9.17) is 9.97 Å². The molecule has 0 radical (unpaired) electrons. The van der Waals surface area contributed by atoms with Gasteiger partial charge in [0.05, 0.1) is 11.4 Å². The third kappa shape index (κ3) is 6.01. The molecule has 12 rings (SSSR count). The van der Waals surface area contributed by atoms with Crippen LogP contribution in [0.5, 0.6) is 0 Å². The van der Waals surface area contributed by atoms with Crippen LogP contribution in [0.15, 0.2) is 182 Å². The van der Waals surface area contributed by atoms with Gasteiger partial charge in [0.25, 0.3) is 0 Å². The summed E-state index contributed by atoms with van der Waals surface area (Å²) >= 11 is 0. The lowest BCUT2D eigenvalue weighted by molar-refractivity contribution is 0.352. The minimum absolute atomic E-state index is 0.0300. The van der Waals surface area contributed by atoms with E-state index in [0.29, 0.717) is 11.8 Å². The number of para-hydroxylation sites is 4. The number of aromatic nitrogens is 2. The zero-order chi connectivity index (χ0) is 45.8. The minimum Gasteiger partial charge on any atom is -0.318 e. The Morgan fingerprint density at radius 3 is 1.58 bits per heavy atom. The van der Waals surface area contributed by atoms with Crippen molar-refractivity contribution < 1.29 is 0 Å². The van der Waals surface area contributed by atoms with E-state index in [1.54, 1.807) is 0 Å². The summed E-state index contributed by atoms with van der Waals surface area (Å²) in [7, 11) is 0. The van der Waals surface area contributed by atoms with Gasteiger partial charge < -0.3 is 19.6 Å². The van der Waals surface area contributed by atoms with E-state index in [1.165, 1.54) is 72.9 Å². The quantitative estimate of drug-likeness (QED) is 0.144. The smallest absolute Gasteiger partial charge is 0.178 e. The van der Waals surface area contributed by atoms with Crippen LogP contribution in [0, 0.1) is 18.3 Å². The van der Waals surface area contributed by atoms with Crippen molar-refractivity contribution >= 4 is 45.8 Å². The van der Waals surface area contributed by atoms with Crippen molar-refractivity contribution in [3.05, 3.63) is 205 Å². The third-order valence-electron chi connectivity index (χ3n) is 16.2. The standard InChI is InChI=1S/C61H58N6/c1-39(2)46-24-14-16-26-48(46)42-31-30-41(5)53(36-42)66-52-29-19-18-28-51(52)64(44-20-10-8-11-21-44)56(66)38-55-60(6)50-33-32-43(49-27-17-15-25-47(49)40(3)4)37-54(50)67-58-57(62-34-35-63-58)65(59(67)61(55,60)7)45-22-12-9-13-23-45/h8-37,39-40,55-56,59H,38H2,1-7H3. The monoisotopic (exact) mass is 874 g/mol. The summed E-state index contributed by atoms with van der Waals surface area (Å²) in [5, 5.41) is 0. The first-order chi connectivity index (χ1) is 32.6. The zero-order valence-electron chi connectivity index (χ0n) is 39.6. The molecule has 67 heavy (non-hydrogen) atoms. The van der Waals surface area contributed by atoms with Crippen molar-refractivity contribution in [2.45, 2.75) is 84.5 Å². The molecule has 4 heterocycles. The Morgan fingerprint density at radius 2 is 0.985 bits per heavy atom. The minimum atomic E-state index is -0.231. The Bertz CT molecular complexity index is 3180. The first-order valence-corrected chi connectivity index (χ1v) is 24.2. The van der Waals surface area contributed by atoms with E-state index < -0.39 is 0 Å². The number of nitrogens with zero attached hydrogens (tertiary/aromatic N) is 6. The van der Waals surface area contributed by atoms with Gasteiger partial charge in [0, 0.05) is 46.0 Å². The molecule has 0 spiro atoms. The van der Waals surface area contributed by atoms with Gasteiger partial charge in [0.2, 0.25) is 0 Å². The number of rotatable bonds is 9. The van der Waals surface area contributed by atoms with Crippen LogP contribution in [0.2, 0.25) is 0 Å². The second-order valence-corrected chi connectivity index (χ2v) is 20.2. The molecular formula is C61H58N6. The highest BCUT2D eigenvalue weighted by atomic mass is 15.5. The van der Waals surface area contributed by atoms with Gasteiger partial charge in [-0.15, -0.1) is 0 Å². The van der Waals surface area contributed by atoms with E-state index in [2.05, 4.69) is 238 Å². The summed E-state index contributed by atoms with van der Waals surface area (Å²) in [5.41, 5.74) is 17.3. The van der Waals surface area contributed by atoms with Gasteiger partial charge in [-0.05, 0) is 124 Å². The highest BCUT2D eigenvalue weighted by Gasteiger charge is 2.80. The van der Waals surface area contributed by atoms with Crippen molar-refractivity contribution in [3.8, 4) is 22.3 Å². The van der Waals surface area contributed by atoms with E-state index in [0.717, 1.165) is 23.7 Å². The molecule has 0 N–H and O–H groups in total. The van der Waals surface area contributed by atoms with Gasteiger partial charge in [-0.2, -0.15) is 0 Å². The highest BCUT2D eigenvalue weighted by Crippen LogP contribution is 2.80. The molecule has 3 aliphatic heterocycles. The number of hydrogen-bond acceptors (Lipinski definition) is 6. The lowest BCUT2D eigenvalue weighted by Gasteiger charge is -2.44. The molecule has 0 amide bonds. The van der Waals surface area contributed by atoms with Crippen LogP contribution in [0.25, 0.3) is 22.3 Å². The normalized spacial score (nSPS) is 22.1. The number of hydrogen-bond donors (Lipinski definition) is 0. The molecule has 6 nitrogen and oxygen atoms in total. The SMILES string of the molecule is Cc1ccc(-c2ccccc2C(C)C)cc1N1c2ccccc2N(c2ccccc2)C1CC1C2(C)c3ccc(-c4ccccc4C(C)C)cc3N3c4nccnc4N(c4ccccc4)C3C12C. The Hall–Kier alpha value is -7.18. The second kappa shape index (κ2) is 15.4. The molecule has 6 heteroatoms. The summed E-state index contributed by atoms with van der Waals surface area (Å²) in [5.74, 6) is 2.86. The number of aryl methyl sites for hydroxylation is 1. The topological polar surface area (TPSA) is 38.7 Å². The lowest BCUT2D eigenvalue weighted by atomic mass is 9.80. The molecule has 0 bridgehead atoms. The zero-order valence-corrected chi connectivity index (χ0v) is 39.6. The van der Waals surface area contributed by atoms with Gasteiger partial charge in [-0.25, -0.2) is 9.97 Å². The summed E-state index contributed by atoms with van der Waals surface area (Å²) in [6.07, 6.45) is 4.52. The third-order valence-corrected chi connectivity index (χ3v) is 16.2. The van der Waals surface area contributed by atoms with Crippen LogP contribution in [-0.4, -0.2) is 22.3 Å². The maximum Gasteiger partial charge on any atom is 0.178 e. The maximum absolute atomic E-state index is 5.20. The summed E-state index contributed by atoms with van der Waals surface area (Å²) in [4.78, 5) is 20.7. The molecule has 5 unspecified atom stereocenters. The van der Waals surface area contributed by atoms with E-state index in [9.17, 15) is 0 Å². The lowest BCUT2D eigenvalue weighted by Crippen LogP contribution is -2.50. The Morgan fingerprint density at radius 1 is 0.493 bits per heavy atom. The maximum atomic E-state index is 5.20. The summed E-state index contributed by atoms with van der Waals surface area (Å²) in [6, 6.07) is 63.3. The fraction of sp³-hybridized carbons (Fsp3) is 0.246. The first-order valence-electron chi connectivity index (χ1n) is 24.2. The van der Waals surface area contributed by atoms with Gasteiger partial charge in [-0.3, -0.25) is 0 Å². The predicted octanol–water partition coefficient (Wildman–Crippen LogP) is 15.6. The molecule has 7 aromatic carbocycles. The number of anilines is 8. The van der Waals surface area contributed by atoms with Crippen molar-refractivity contribution in [1.82, 2.24) is 9.97 Å². The van der Waals surface area contributed by atoms with Crippen molar-refractivity contribution in [3.63, 3.8) is 0 Å². The van der Waals surface area contributed by atoms with Crippen LogP contribution in [0.3, 0.4) is 0 Å². The molecule has 332 valence electrons. The van der Waals surface area contributed by atoms with Crippen LogP contribution >= 0.6 is 0 Å². The Labute approximate surface area is 396 Å². The van der Waals surface area contributed by atoms with Gasteiger partial charge in [0.1, 0.15) is 12.3 Å². The molecule has 1 aliphatic carbocycles. The second-order valence-electron chi connectivity index (χ2n) is 20.2. The summed E-state index contributed by atoms with van der Waals surface area (Å²) in [6.45, 7) is 16.6. The van der Waals surface area contributed by atoms with Crippen LogP contribution < -0.4 is 19.6 Å². The van der Waals surface area contributed by atoms with Gasteiger partial charge >= 0.3 is 0 Å². The first kappa shape index (κ1) is 41.3. The number of fused-ring (bicyclic) bond motifs is 9.